The van der Waals surface area contributed by atoms with E-state index in [1.54, 1.807) is 6.20 Å². The summed E-state index contributed by atoms with van der Waals surface area (Å²) in [5.74, 6) is 0.441. The van der Waals surface area contributed by atoms with Crippen molar-refractivity contribution < 1.29 is 14.7 Å². The Morgan fingerprint density at radius 1 is 1.40 bits per heavy atom. The van der Waals surface area contributed by atoms with Gasteiger partial charge in [0.25, 0.3) is 0 Å². The van der Waals surface area contributed by atoms with E-state index in [9.17, 15) is 14.7 Å². The summed E-state index contributed by atoms with van der Waals surface area (Å²) in [4.78, 5) is 35.8. The van der Waals surface area contributed by atoms with Crippen LogP contribution in [-0.2, 0) is 9.59 Å². The molecule has 136 valence electrons. The topological polar surface area (TPSA) is 98.7 Å². The summed E-state index contributed by atoms with van der Waals surface area (Å²) in [6.07, 6.45) is 3.97. The fraction of sp³-hybridized carbons (Fsp3) is 0.647. The maximum Gasteiger partial charge on any atom is 0.326 e. The van der Waals surface area contributed by atoms with Crippen molar-refractivity contribution in [2.45, 2.75) is 39.2 Å². The zero-order chi connectivity index (χ0) is 18.0. The van der Waals surface area contributed by atoms with Crippen molar-refractivity contribution in [1.29, 1.82) is 0 Å². The molecule has 0 saturated carbocycles. The van der Waals surface area contributed by atoms with Gasteiger partial charge in [0.1, 0.15) is 11.9 Å². The Kier molecular flexibility index (Phi) is 4.78. The van der Waals surface area contributed by atoms with Crippen molar-refractivity contribution >= 4 is 23.6 Å². The Hall–Kier alpha value is -2.38. The Bertz CT molecular complexity index is 633. The van der Waals surface area contributed by atoms with E-state index in [0.29, 0.717) is 18.9 Å². The Labute approximate surface area is 147 Å². The van der Waals surface area contributed by atoms with Gasteiger partial charge in [-0.2, -0.15) is 4.98 Å². The molecule has 0 bridgehead atoms. The first-order chi connectivity index (χ1) is 11.9. The summed E-state index contributed by atoms with van der Waals surface area (Å²) in [5.41, 5.74) is -0.107. The highest BCUT2D eigenvalue weighted by atomic mass is 16.4. The molecule has 1 amide bonds. The predicted molar refractivity (Wildman–Crippen MR) is 93.5 cm³/mol. The predicted octanol–water partition coefficient (Wildman–Crippen LogP) is 1.20. The lowest BCUT2D eigenvalue weighted by Crippen LogP contribution is -2.43. The highest BCUT2D eigenvalue weighted by Gasteiger charge is 2.49. The van der Waals surface area contributed by atoms with E-state index in [-0.39, 0.29) is 11.3 Å². The number of amides is 1. The first-order valence-corrected chi connectivity index (χ1v) is 8.76. The van der Waals surface area contributed by atoms with Crippen LogP contribution in [0, 0.1) is 5.41 Å². The minimum atomic E-state index is -0.906. The molecule has 25 heavy (non-hydrogen) atoms. The molecule has 0 aromatic carbocycles. The lowest BCUT2D eigenvalue weighted by atomic mass is 9.76. The molecule has 0 aliphatic carbocycles. The van der Waals surface area contributed by atoms with Gasteiger partial charge in [0.2, 0.25) is 11.9 Å². The molecule has 2 aliphatic heterocycles. The van der Waals surface area contributed by atoms with Crippen molar-refractivity contribution in [1.82, 2.24) is 14.9 Å². The van der Waals surface area contributed by atoms with Gasteiger partial charge < -0.3 is 20.2 Å². The molecule has 1 aromatic heterocycles. The van der Waals surface area contributed by atoms with Crippen LogP contribution in [0.2, 0.25) is 0 Å². The quantitative estimate of drug-likeness (QED) is 0.844. The van der Waals surface area contributed by atoms with Crippen LogP contribution < -0.4 is 10.2 Å². The molecule has 1 spiro atoms. The third-order valence-corrected chi connectivity index (χ3v) is 5.31. The number of hydrogen-bond donors (Lipinski definition) is 2. The number of anilines is 2. The molecule has 2 aliphatic rings. The molecule has 2 fully saturated rings. The van der Waals surface area contributed by atoms with E-state index >= 15 is 0 Å². The van der Waals surface area contributed by atoms with Gasteiger partial charge in [-0.25, -0.2) is 9.78 Å². The van der Waals surface area contributed by atoms with Crippen LogP contribution in [0.4, 0.5) is 11.8 Å². The zero-order valence-corrected chi connectivity index (χ0v) is 14.7. The molecular weight excluding hydrogens is 322 g/mol. The van der Waals surface area contributed by atoms with E-state index < -0.39 is 12.0 Å². The summed E-state index contributed by atoms with van der Waals surface area (Å²) in [5, 5.41) is 12.6. The molecule has 2 saturated heterocycles. The van der Waals surface area contributed by atoms with Crippen LogP contribution in [0.5, 0.6) is 0 Å². The number of likely N-dealkylation sites (tertiary alicyclic amines) is 1. The number of aliphatic carboxylic acids is 1. The maximum atomic E-state index is 11.8. The number of carboxylic acid groups (broad SMARTS) is 1. The average molecular weight is 347 g/mol. The standard InChI is InChI=1S/C17H25N5O3/c1-3-18-14-4-7-19-16(20-14)21-8-5-17(6-9-21)10-13(15(24)25)22(11-17)12(2)23/h4,7,13H,3,5-6,8-11H2,1-2H3,(H,24,25)(H,18,19,20)/t13-/m0/s1. The molecule has 8 nitrogen and oxygen atoms in total. The first-order valence-electron chi connectivity index (χ1n) is 8.76. The summed E-state index contributed by atoms with van der Waals surface area (Å²) in [6.45, 7) is 6.35. The number of nitrogens with one attached hydrogen (secondary N) is 1. The van der Waals surface area contributed by atoms with E-state index in [0.717, 1.165) is 38.3 Å². The Morgan fingerprint density at radius 2 is 2.12 bits per heavy atom. The number of aromatic nitrogens is 2. The Balaban J connectivity index is 1.68. The third-order valence-electron chi connectivity index (χ3n) is 5.31. The molecular formula is C17H25N5O3. The number of piperidine rings is 1. The van der Waals surface area contributed by atoms with E-state index in [1.807, 2.05) is 13.0 Å². The van der Waals surface area contributed by atoms with Gasteiger partial charge in [-0.1, -0.05) is 0 Å². The maximum absolute atomic E-state index is 11.8. The van der Waals surface area contributed by atoms with Gasteiger partial charge in [-0.15, -0.1) is 0 Å². The van der Waals surface area contributed by atoms with Crippen LogP contribution in [-0.4, -0.2) is 64.1 Å². The highest BCUT2D eigenvalue weighted by Crippen LogP contribution is 2.43. The summed E-state index contributed by atoms with van der Waals surface area (Å²) < 4.78 is 0. The number of rotatable bonds is 4. The Morgan fingerprint density at radius 3 is 2.68 bits per heavy atom. The fourth-order valence-electron chi connectivity index (χ4n) is 3.93. The third kappa shape index (κ3) is 3.52. The normalized spacial score (nSPS) is 22.2. The molecule has 3 rings (SSSR count). The SMILES string of the molecule is CCNc1ccnc(N2CCC3(CC2)C[C@@H](C(=O)O)N(C(C)=O)C3)n1. The summed E-state index contributed by atoms with van der Waals surface area (Å²) in [7, 11) is 0. The monoisotopic (exact) mass is 347 g/mol. The number of carboxylic acids is 1. The second kappa shape index (κ2) is 6.85. The minimum absolute atomic E-state index is 0.107. The van der Waals surface area contributed by atoms with E-state index in [2.05, 4.69) is 20.2 Å². The second-order valence-corrected chi connectivity index (χ2v) is 6.96. The van der Waals surface area contributed by atoms with Crippen LogP contribution >= 0.6 is 0 Å². The molecule has 1 atom stereocenters. The molecule has 8 heteroatoms. The lowest BCUT2D eigenvalue weighted by molar-refractivity contribution is -0.147. The lowest BCUT2D eigenvalue weighted by Gasteiger charge is -2.39. The zero-order valence-electron chi connectivity index (χ0n) is 14.7. The summed E-state index contributed by atoms with van der Waals surface area (Å²) >= 11 is 0. The number of hydrogen-bond acceptors (Lipinski definition) is 6. The van der Waals surface area contributed by atoms with Gasteiger partial charge in [-0.3, -0.25) is 4.79 Å². The number of carbonyl (C=O) groups is 2. The first kappa shape index (κ1) is 17.4. The van der Waals surface area contributed by atoms with Crippen LogP contribution in [0.25, 0.3) is 0 Å². The number of nitrogens with zero attached hydrogens (tertiary/aromatic N) is 4. The van der Waals surface area contributed by atoms with E-state index in [1.165, 1.54) is 11.8 Å². The van der Waals surface area contributed by atoms with Crippen molar-refractivity contribution in [3.63, 3.8) is 0 Å². The fourth-order valence-corrected chi connectivity index (χ4v) is 3.93. The van der Waals surface area contributed by atoms with Gasteiger partial charge in [0.15, 0.2) is 0 Å². The van der Waals surface area contributed by atoms with Crippen LogP contribution in [0.1, 0.15) is 33.1 Å². The van der Waals surface area contributed by atoms with Gasteiger partial charge in [0, 0.05) is 39.3 Å². The number of carbonyl (C=O) groups excluding carboxylic acids is 1. The van der Waals surface area contributed by atoms with Crippen LogP contribution in [0.3, 0.4) is 0 Å². The van der Waals surface area contributed by atoms with Crippen molar-refractivity contribution in [3.8, 4) is 0 Å². The van der Waals surface area contributed by atoms with Crippen LogP contribution in [0.15, 0.2) is 12.3 Å². The smallest absolute Gasteiger partial charge is 0.326 e. The van der Waals surface area contributed by atoms with Gasteiger partial charge in [-0.05, 0) is 37.7 Å². The van der Waals surface area contributed by atoms with Gasteiger partial charge >= 0.3 is 5.97 Å². The molecule has 3 heterocycles. The van der Waals surface area contributed by atoms with E-state index in [4.69, 9.17) is 0 Å². The minimum Gasteiger partial charge on any atom is -0.480 e. The van der Waals surface area contributed by atoms with Crippen molar-refractivity contribution in [3.05, 3.63) is 12.3 Å². The molecule has 0 unspecified atom stereocenters. The molecule has 0 radical (unpaired) electrons. The highest BCUT2D eigenvalue weighted by molar-refractivity contribution is 5.83. The summed E-state index contributed by atoms with van der Waals surface area (Å²) in [6, 6.07) is 1.15. The molecule has 2 N–H and O–H groups in total. The second-order valence-electron chi connectivity index (χ2n) is 6.96. The van der Waals surface area contributed by atoms with Gasteiger partial charge in [0.05, 0.1) is 0 Å². The average Bonchev–Trinajstić information content (AvgIpc) is 2.96. The largest absolute Gasteiger partial charge is 0.480 e. The van der Waals surface area contributed by atoms with Crippen molar-refractivity contribution in [2.24, 2.45) is 5.41 Å². The van der Waals surface area contributed by atoms with Crippen molar-refractivity contribution in [2.75, 3.05) is 36.4 Å². The molecule has 1 aromatic rings.